The number of aliphatic hydroxyl groups excluding tert-OH is 5. The number of rotatable bonds is 11. The maximum atomic E-state index is 12.6. The molecule has 0 radical (unpaired) electrons. The predicted octanol–water partition coefficient (Wildman–Crippen LogP) is -6.14. The van der Waals surface area contributed by atoms with E-state index in [1.807, 2.05) is 0 Å². The summed E-state index contributed by atoms with van der Waals surface area (Å²) < 4.78 is 23.5. The summed E-state index contributed by atoms with van der Waals surface area (Å²) in [7, 11) is 1.51. The first-order valence-corrected chi connectivity index (χ1v) is 13.4. The van der Waals surface area contributed by atoms with Gasteiger partial charge in [0.2, 0.25) is 5.91 Å². The quantitative estimate of drug-likeness (QED) is 0.111. The summed E-state index contributed by atoms with van der Waals surface area (Å²) in [5.74, 6) is -0.747. The Hall–Kier alpha value is -1.09. The van der Waals surface area contributed by atoms with E-state index < -0.39 is 92.0 Å². The average Bonchev–Trinajstić information content (AvgIpc) is 2.91. The van der Waals surface area contributed by atoms with Crippen LogP contribution in [0.25, 0.3) is 0 Å². The van der Waals surface area contributed by atoms with Crippen molar-refractivity contribution in [2.45, 2.75) is 111 Å². The van der Waals surface area contributed by atoms with E-state index in [-0.39, 0.29) is 32.0 Å². The van der Waals surface area contributed by atoms with Crippen LogP contribution >= 0.6 is 0 Å². The van der Waals surface area contributed by atoms with E-state index in [0.29, 0.717) is 12.8 Å². The molecule has 14 atom stereocenters. The van der Waals surface area contributed by atoms with Crippen LogP contribution in [0.3, 0.4) is 0 Å². The number of carbonyl (C=O) groups is 1. The summed E-state index contributed by atoms with van der Waals surface area (Å²) in [6.45, 7) is -0.236. The SMILES string of the molecule is CN[C@H]1[C@@H](O)[C@@H](CO)O[C@H](O[C@@H]2[C@H](O)[C@H](O[C@H]3O[C@H](CN)CC[C@H]3N)[C@@H](N)C[C@H]2NC(=O)[C@@H](O)CCN)[C@@H]1O. The zero-order valence-corrected chi connectivity index (χ0v) is 22.1. The fraction of sp³-hybridized carbons (Fsp3) is 0.957. The molecular formula is C23H46N6O10. The molecule has 2 aliphatic heterocycles. The number of nitrogens with two attached hydrogens (primary N) is 4. The lowest BCUT2D eigenvalue weighted by Gasteiger charge is -2.48. The standard InChI is InChI=1S/C23H46N6O10/c1-28-15-16(32)14(8-30)37-23(17(15)33)39-20-12(29-21(35)13(31)4-5-24)6-11(27)19(18(20)34)38-22-10(26)3-2-9(7-25)36-22/h9-20,22-23,28,30-34H,2-8,24-27H2,1H3,(H,29,35)/t9-,10+,11-,12+,13-,14+,15-,16-,17+,18+,19+,20-,22+,23+/m0/s1. The van der Waals surface area contributed by atoms with Crippen LogP contribution in [-0.2, 0) is 23.7 Å². The van der Waals surface area contributed by atoms with E-state index in [1.165, 1.54) is 7.05 Å². The van der Waals surface area contributed by atoms with Crippen molar-refractivity contribution in [2.24, 2.45) is 22.9 Å². The van der Waals surface area contributed by atoms with Gasteiger partial charge in [0.05, 0.1) is 30.8 Å². The smallest absolute Gasteiger partial charge is 0.249 e. The number of carbonyl (C=O) groups excluding carboxylic acids is 1. The third kappa shape index (κ3) is 7.60. The second kappa shape index (κ2) is 14.7. The molecule has 3 rings (SSSR count). The van der Waals surface area contributed by atoms with E-state index >= 15 is 0 Å². The Morgan fingerprint density at radius 1 is 1.00 bits per heavy atom. The molecule has 0 bridgehead atoms. The number of likely N-dealkylation sites (N-methyl/N-ethyl adjacent to an activating group) is 1. The largest absolute Gasteiger partial charge is 0.394 e. The van der Waals surface area contributed by atoms with Gasteiger partial charge in [0.1, 0.15) is 42.7 Å². The molecule has 0 aromatic carbocycles. The zero-order valence-electron chi connectivity index (χ0n) is 22.1. The Bertz CT molecular complexity index is 773. The number of nitrogens with one attached hydrogen (secondary N) is 2. The minimum absolute atomic E-state index is 0.00794. The second-order valence-corrected chi connectivity index (χ2v) is 10.4. The number of hydrogen-bond acceptors (Lipinski definition) is 15. The molecule has 0 aromatic heterocycles. The van der Waals surface area contributed by atoms with Gasteiger partial charge in [-0.15, -0.1) is 0 Å². The van der Waals surface area contributed by atoms with Gasteiger partial charge in [0.25, 0.3) is 0 Å². The maximum absolute atomic E-state index is 12.6. The van der Waals surface area contributed by atoms with Gasteiger partial charge in [-0.05, 0) is 39.3 Å². The summed E-state index contributed by atoms with van der Waals surface area (Å²) in [4.78, 5) is 12.6. The highest BCUT2D eigenvalue weighted by molar-refractivity contribution is 5.80. The fourth-order valence-electron chi connectivity index (χ4n) is 5.34. The molecule has 1 amide bonds. The molecule has 16 heteroatoms. The molecule has 3 aliphatic rings. The minimum atomic E-state index is -1.48. The van der Waals surface area contributed by atoms with E-state index in [0.717, 1.165) is 0 Å². The van der Waals surface area contributed by atoms with E-state index in [1.54, 1.807) is 0 Å². The lowest BCUT2D eigenvalue weighted by molar-refractivity contribution is -0.315. The molecule has 1 aliphatic carbocycles. The Morgan fingerprint density at radius 2 is 1.69 bits per heavy atom. The van der Waals surface area contributed by atoms with Crippen LogP contribution in [0.1, 0.15) is 25.7 Å². The van der Waals surface area contributed by atoms with Crippen LogP contribution in [0, 0.1) is 0 Å². The fourth-order valence-corrected chi connectivity index (χ4v) is 5.34. The third-order valence-electron chi connectivity index (χ3n) is 7.65. The molecule has 228 valence electrons. The molecule has 3 fully saturated rings. The van der Waals surface area contributed by atoms with Gasteiger partial charge >= 0.3 is 0 Å². The van der Waals surface area contributed by atoms with E-state index in [9.17, 15) is 30.3 Å². The number of hydrogen-bond donors (Lipinski definition) is 11. The van der Waals surface area contributed by atoms with Crippen LogP contribution < -0.4 is 33.6 Å². The first-order valence-electron chi connectivity index (χ1n) is 13.4. The summed E-state index contributed by atoms with van der Waals surface area (Å²) in [5, 5.41) is 57.9. The van der Waals surface area contributed by atoms with Crippen molar-refractivity contribution in [1.82, 2.24) is 10.6 Å². The predicted molar refractivity (Wildman–Crippen MR) is 135 cm³/mol. The molecule has 39 heavy (non-hydrogen) atoms. The van der Waals surface area contributed by atoms with Crippen molar-refractivity contribution >= 4 is 5.91 Å². The van der Waals surface area contributed by atoms with Crippen molar-refractivity contribution in [3.05, 3.63) is 0 Å². The Balaban J connectivity index is 1.84. The summed E-state index contributed by atoms with van der Waals surface area (Å²) in [6, 6.07) is -3.20. The van der Waals surface area contributed by atoms with Crippen LogP contribution in [-0.4, -0.2) is 144 Å². The van der Waals surface area contributed by atoms with Gasteiger partial charge in [-0.1, -0.05) is 0 Å². The molecule has 0 aromatic rings. The number of aliphatic hydroxyl groups is 5. The minimum Gasteiger partial charge on any atom is -0.394 e. The van der Waals surface area contributed by atoms with Crippen molar-refractivity contribution < 1.29 is 49.3 Å². The summed E-state index contributed by atoms with van der Waals surface area (Å²) in [6.07, 6.45) is -10.3. The zero-order chi connectivity index (χ0) is 28.9. The highest BCUT2D eigenvalue weighted by Crippen LogP contribution is 2.31. The lowest BCUT2D eigenvalue weighted by Crippen LogP contribution is -2.69. The molecule has 2 saturated heterocycles. The normalized spacial score (nSPS) is 44.1. The highest BCUT2D eigenvalue weighted by atomic mass is 16.7. The van der Waals surface area contributed by atoms with Crippen LogP contribution in [0.2, 0.25) is 0 Å². The monoisotopic (exact) mass is 566 g/mol. The van der Waals surface area contributed by atoms with Crippen molar-refractivity contribution in [2.75, 3.05) is 26.7 Å². The van der Waals surface area contributed by atoms with Gasteiger partial charge < -0.3 is 78.0 Å². The van der Waals surface area contributed by atoms with Crippen molar-refractivity contribution in [3.63, 3.8) is 0 Å². The molecule has 2 heterocycles. The molecule has 0 spiro atoms. The summed E-state index contributed by atoms with van der Waals surface area (Å²) in [5.41, 5.74) is 23.8. The Morgan fingerprint density at radius 3 is 2.31 bits per heavy atom. The Labute approximate surface area is 227 Å². The van der Waals surface area contributed by atoms with Crippen LogP contribution in [0.15, 0.2) is 0 Å². The maximum Gasteiger partial charge on any atom is 0.249 e. The highest BCUT2D eigenvalue weighted by Gasteiger charge is 2.51. The molecule has 16 nitrogen and oxygen atoms in total. The molecule has 0 unspecified atom stereocenters. The number of amides is 1. The van der Waals surface area contributed by atoms with Gasteiger partial charge in [-0.25, -0.2) is 0 Å². The van der Waals surface area contributed by atoms with Gasteiger partial charge in [-0.2, -0.15) is 0 Å². The number of ether oxygens (including phenoxy) is 4. The molecule has 1 saturated carbocycles. The van der Waals surface area contributed by atoms with Crippen LogP contribution in [0.5, 0.6) is 0 Å². The van der Waals surface area contributed by atoms with Crippen LogP contribution in [0.4, 0.5) is 0 Å². The summed E-state index contributed by atoms with van der Waals surface area (Å²) >= 11 is 0. The second-order valence-electron chi connectivity index (χ2n) is 10.4. The van der Waals surface area contributed by atoms with Gasteiger partial charge in [0.15, 0.2) is 12.6 Å². The van der Waals surface area contributed by atoms with Crippen molar-refractivity contribution in [3.8, 4) is 0 Å². The third-order valence-corrected chi connectivity index (χ3v) is 7.65. The van der Waals surface area contributed by atoms with E-state index in [4.69, 9.17) is 41.9 Å². The topological polar surface area (TPSA) is 283 Å². The van der Waals surface area contributed by atoms with Gasteiger partial charge in [-0.3, -0.25) is 4.79 Å². The van der Waals surface area contributed by atoms with Crippen molar-refractivity contribution in [1.29, 1.82) is 0 Å². The first-order chi connectivity index (χ1) is 18.6. The molecule has 15 N–H and O–H groups in total. The first kappa shape index (κ1) is 32.4. The Kier molecular flexibility index (Phi) is 12.2. The van der Waals surface area contributed by atoms with Gasteiger partial charge in [0, 0.05) is 12.6 Å². The average molecular weight is 567 g/mol. The lowest BCUT2D eigenvalue weighted by atomic mass is 9.83. The molecular weight excluding hydrogens is 520 g/mol. The van der Waals surface area contributed by atoms with E-state index in [2.05, 4.69) is 10.6 Å².